The van der Waals surface area contributed by atoms with Crippen molar-refractivity contribution >= 4 is 13.5 Å². The molecule has 0 aromatic heterocycles. The lowest BCUT2D eigenvalue weighted by Crippen LogP contribution is -1.78. The van der Waals surface area contributed by atoms with E-state index in [0.717, 1.165) is 5.92 Å². The zero-order chi connectivity index (χ0) is 4.41. The van der Waals surface area contributed by atoms with E-state index in [1.807, 2.05) is 0 Å². The fourth-order valence-corrected chi connectivity index (χ4v) is 1.13. The van der Waals surface area contributed by atoms with E-state index in [2.05, 4.69) is 6.92 Å². The molecule has 1 aliphatic carbocycles. The van der Waals surface area contributed by atoms with Gasteiger partial charge in [0.1, 0.15) is 0 Å². The van der Waals surface area contributed by atoms with Crippen LogP contribution < -0.4 is 0 Å². The highest BCUT2D eigenvalue weighted by Crippen LogP contribution is 2.22. The van der Waals surface area contributed by atoms with E-state index in [9.17, 15) is 0 Å². The molecule has 0 aromatic carbocycles. The van der Waals surface area contributed by atoms with Crippen LogP contribution in [-0.4, -0.2) is 0 Å². The summed E-state index contributed by atoms with van der Waals surface area (Å²) in [7, 11) is 0. The van der Waals surface area contributed by atoms with Crippen LogP contribution in [0.15, 0.2) is 0 Å². The van der Waals surface area contributed by atoms with Crippen LogP contribution in [0.25, 0.3) is 0 Å². The smallest absolute Gasteiger partial charge is 0.0443 e. The van der Waals surface area contributed by atoms with Crippen LogP contribution in [0.2, 0.25) is 0 Å². The minimum atomic E-state index is 0. The average Bonchev–Trinajstić information content (AvgIpc) is 1.86. The molecule has 0 aliphatic heterocycles. The second-order valence-electron chi connectivity index (χ2n) is 2.39. The highest BCUT2D eigenvalue weighted by Gasteiger charge is 2.07. The highest BCUT2D eigenvalue weighted by atomic mass is 32.1. The van der Waals surface area contributed by atoms with E-state index in [0.29, 0.717) is 0 Å². The molecule has 1 fully saturated rings. The first-order chi connectivity index (χ1) is 2.89. The molecule has 0 nitrogen and oxygen atoms in total. The van der Waals surface area contributed by atoms with Crippen LogP contribution in [0, 0.1) is 5.92 Å². The molecular weight excluding hydrogens is 104 g/mol. The van der Waals surface area contributed by atoms with Gasteiger partial charge in [-0.3, -0.25) is 0 Å². The van der Waals surface area contributed by atoms with Gasteiger partial charge in [-0.05, 0) is 5.92 Å². The number of rotatable bonds is 0. The maximum atomic E-state index is 2.34. The Morgan fingerprint density at radius 2 is 1.57 bits per heavy atom. The Balaban J connectivity index is 0.000000360. The Kier molecular flexibility index (Phi) is 3.53. The van der Waals surface area contributed by atoms with Crippen LogP contribution >= 0.6 is 13.5 Å². The van der Waals surface area contributed by atoms with E-state index in [4.69, 9.17) is 0 Å². The summed E-state index contributed by atoms with van der Waals surface area (Å²) in [6.07, 6.45) is 5.95. The van der Waals surface area contributed by atoms with Gasteiger partial charge < -0.3 is 0 Å². The molecule has 0 atom stereocenters. The first-order valence-electron chi connectivity index (χ1n) is 2.89. The largest absolute Gasteiger partial charge is 0.197 e. The summed E-state index contributed by atoms with van der Waals surface area (Å²) in [6, 6.07) is 0. The SMILES string of the molecule is CC1CCCC1.S. The summed E-state index contributed by atoms with van der Waals surface area (Å²) < 4.78 is 0. The Hall–Kier alpha value is 0.350. The predicted molar refractivity (Wildman–Crippen MR) is 38.0 cm³/mol. The van der Waals surface area contributed by atoms with Crippen molar-refractivity contribution in [3.8, 4) is 0 Å². The molecule has 0 amide bonds. The van der Waals surface area contributed by atoms with E-state index in [1.54, 1.807) is 0 Å². The highest BCUT2D eigenvalue weighted by molar-refractivity contribution is 7.59. The second-order valence-corrected chi connectivity index (χ2v) is 2.39. The van der Waals surface area contributed by atoms with Crippen molar-refractivity contribution in [2.24, 2.45) is 5.92 Å². The van der Waals surface area contributed by atoms with Gasteiger partial charge in [-0.15, -0.1) is 0 Å². The molecule has 0 unspecified atom stereocenters. The summed E-state index contributed by atoms with van der Waals surface area (Å²) in [6.45, 7) is 2.34. The van der Waals surface area contributed by atoms with E-state index in [-0.39, 0.29) is 13.5 Å². The van der Waals surface area contributed by atoms with Gasteiger partial charge >= 0.3 is 0 Å². The van der Waals surface area contributed by atoms with Gasteiger partial charge in [0.2, 0.25) is 0 Å². The third kappa shape index (κ3) is 2.22. The van der Waals surface area contributed by atoms with Gasteiger partial charge in [0.05, 0.1) is 0 Å². The Bertz CT molecular complexity index is 37.4. The lowest BCUT2D eigenvalue weighted by Gasteiger charge is -1.91. The lowest BCUT2D eigenvalue weighted by molar-refractivity contribution is 0.612. The van der Waals surface area contributed by atoms with Crippen molar-refractivity contribution < 1.29 is 0 Å². The third-order valence-corrected chi connectivity index (χ3v) is 1.64. The van der Waals surface area contributed by atoms with Gasteiger partial charge in [0, 0.05) is 0 Å². The normalized spacial score (nSPS) is 21.9. The molecule has 1 saturated carbocycles. The fraction of sp³-hybridized carbons (Fsp3) is 1.00. The van der Waals surface area contributed by atoms with E-state index < -0.39 is 0 Å². The molecule has 1 heteroatoms. The molecule has 0 heterocycles. The summed E-state index contributed by atoms with van der Waals surface area (Å²) >= 11 is 0. The van der Waals surface area contributed by atoms with Crippen LogP contribution in [0.1, 0.15) is 32.6 Å². The summed E-state index contributed by atoms with van der Waals surface area (Å²) in [5.74, 6) is 1.05. The van der Waals surface area contributed by atoms with Crippen LogP contribution in [0.4, 0.5) is 0 Å². The monoisotopic (exact) mass is 118 g/mol. The van der Waals surface area contributed by atoms with Crippen molar-refractivity contribution in [1.82, 2.24) is 0 Å². The molecule has 7 heavy (non-hydrogen) atoms. The summed E-state index contributed by atoms with van der Waals surface area (Å²) in [5.41, 5.74) is 0. The molecule has 0 saturated heterocycles. The van der Waals surface area contributed by atoms with Crippen molar-refractivity contribution in [3.05, 3.63) is 0 Å². The number of hydrogen-bond donors (Lipinski definition) is 0. The Labute approximate surface area is 52.8 Å². The molecule has 0 N–H and O–H groups in total. The molecule has 1 aliphatic rings. The molecule has 0 aromatic rings. The molecule has 0 bridgehead atoms. The van der Waals surface area contributed by atoms with Gasteiger partial charge in [0.15, 0.2) is 0 Å². The van der Waals surface area contributed by atoms with Crippen LogP contribution in [0.3, 0.4) is 0 Å². The van der Waals surface area contributed by atoms with Crippen molar-refractivity contribution in [1.29, 1.82) is 0 Å². The van der Waals surface area contributed by atoms with Gasteiger partial charge in [-0.25, -0.2) is 0 Å². The Morgan fingerprint density at radius 3 is 1.71 bits per heavy atom. The lowest BCUT2D eigenvalue weighted by atomic mass is 10.2. The van der Waals surface area contributed by atoms with Crippen molar-refractivity contribution in [2.75, 3.05) is 0 Å². The van der Waals surface area contributed by atoms with Gasteiger partial charge in [0.25, 0.3) is 0 Å². The van der Waals surface area contributed by atoms with Crippen LogP contribution in [-0.2, 0) is 0 Å². The molecule has 0 radical (unpaired) electrons. The van der Waals surface area contributed by atoms with Gasteiger partial charge in [-0.1, -0.05) is 32.6 Å². The average molecular weight is 118 g/mol. The molecule has 1 rings (SSSR count). The van der Waals surface area contributed by atoms with Crippen LogP contribution in [0.5, 0.6) is 0 Å². The Morgan fingerprint density at radius 1 is 1.14 bits per heavy atom. The maximum Gasteiger partial charge on any atom is -0.0443 e. The minimum Gasteiger partial charge on any atom is -0.197 e. The van der Waals surface area contributed by atoms with E-state index >= 15 is 0 Å². The number of hydrogen-bond acceptors (Lipinski definition) is 0. The molecule has 0 spiro atoms. The first kappa shape index (κ1) is 7.35. The standard InChI is InChI=1S/C6H12.H2S/c1-6-4-2-3-5-6;/h6H,2-5H2,1H3;1H2. The maximum absolute atomic E-state index is 2.34. The molecule has 44 valence electrons. The van der Waals surface area contributed by atoms with Gasteiger partial charge in [-0.2, -0.15) is 13.5 Å². The second kappa shape index (κ2) is 3.36. The zero-order valence-electron chi connectivity index (χ0n) is 4.91. The first-order valence-corrected chi connectivity index (χ1v) is 2.89. The minimum absolute atomic E-state index is 0. The zero-order valence-corrected chi connectivity index (χ0v) is 5.91. The summed E-state index contributed by atoms with van der Waals surface area (Å²) in [5, 5.41) is 0. The predicted octanol–water partition coefficient (Wildman–Crippen LogP) is 2.31. The summed E-state index contributed by atoms with van der Waals surface area (Å²) in [4.78, 5) is 0. The van der Waals surface area contributed by atoms with Crippen molar-refractivity contribution in [2.45, 2.75) is 32.6 Å². The van der Waals surface area contributed by atoms with E-state index in [1.165, 1.54) is 25.7 Å². The molecular formula is C6H14S. The van der Waals surface area contributed by atoms with Crippen molar-refractivity contribution in [3.63, 3.8) is 0 Å². The quantitative estimate of drug-likeness (QED) is 0.458. The topological polar surface area (TPSA) is 0 Å². The fourth-order valence-electron chi connectivity index (χ4n) is 1.13. The third-order valence-electron chi connectivity index (χ3n) is 1.64.